The third-order valence-electron chi connectivity index (χ3n) is 5.25. The van der Waals surface area contributed by atoms with E-state index in [4.69, 9.17) is 16.6 Å². The number of benzene rings is 2. The van der Waals surface area contributed by atoms with Gasteiger partial charge in [-0.25, -0.2) is 4.98 Å². The van der Waals surface area contributed by atoms with Crippen molar-refractivity contribution in [3.05, 3.63) is 58.1 Å². The second-order valence-electron chi connectivity index (χ2n) is 7.29. The molecule has 0 saturated carbocycles. The highest BCUT2D eigenvalue weighted by atomic mass is 35.5. The summed E-state index contributed by atoms with van der Waals surface area (Å²) in [5.74, 6) is 0.0780. The number of hydrogen-bond donors (Lipinski definition) is 0. The molecule has 0 N–H and O–H groups in total. The van der Waals surface area contributed by atoms with Gasteiger partial charge in [-0.15, -0.1) is 12.4 Å². The van der Waals surface area contributed by atoms with Crippen molar-refractivity contribution in [2.24, 2.45) is 0 Å². The summed E-state index contributed by atoms with van der Waals surface area (Å²) < 4.78 is 1.000. The monoisotopic (exact) mass is 465 g/mol. The summed E-state index contributed by atoms with van der Waals surface area (Å²) in [7, 11) is 0. The predicted octanol–water partition coefficient (Wildman–Crippen LogP) is 5.91. The first-order chi connectivity index (χ1) is 13.9. The number of carbonyl (C=O) groups excluding carboxylic acids is 1. The third-order valence-corrected chi connectivity index (χ3v) is 6.52. The molecular weight excluding hydrogens is 437 g/mol. The topological polar surface area (TPSA) is 36.4 Å². The second-order valence-corrected chi connectivity index (χ2v) is 8.73. The largest absolute Gasteiger partial charge is 0.302 e. The Morgan fingerprint density at radius 3 is 2.47 bits per heavy atom. The number of carbonyl (C=O) groups is 1. The first-order valence-electron chi connectivity index (χ1n) is 10.1. The Hall–Kier alpha value is -1.66. The van der Waals surface area contributed by atoms with Gasteiger partial charge in [0, 0.05) is 18.1 Å². The highest BCUT2D eigenvalue weighted by molar-refractivity contribution is 7.22. The maximum Gasteiger partial charge on any atom is 0.233 e. The Balaban J connectivity index is 0.00000320. The molecule has 0 saturated heterocycles. The fourth-order valence-corrected chi connectivity index (χ4v) is 4.70. The Bertz CT molecular complexity index is 1000. The molecule has 0 aliphatic rings. The van der Waals surface area contributed by atoms with E-state index in [2.05, 4.69) is 50.8 Å². The quantitative estimate of drug-likeness (QED) is 0.414. The maximum absolute atomic E-state index is 13.3. The minimum absolute atomic E-state index is 0. The Morgan fingerprint density at radius 2 is 1.80 bits per heavy atom. The van der Waals surface area contributed by atoms with Crippen LogP contribution < -0.4 is 4.90 Å². The summed E-state index contributed by atoms with van der Waals surface area (Å²) >= 11 is 7.66. The molecule has 3 rings (SSSR count). The Labute approximate surface area is 194 Å². The van der Waals surface area contributed by atoms with Crippen molar-refractivity contribution in [1.29, 1.82) is 0 Å². The lowest BCUT2D eigenvalue weighted by Gasteiger charge is -2.25. The van der Waals surface area contributed by atoms with Gasteiger partial charge in [0.2, 0.25) is 5.91 Å². The van der Waals surface area contributed by atoms with Gasteiger partial charge in [0.1, 0.15) is 0 Å². The number of anilines is 1. The summed E-state index contributed by atoms with van der Waals surface area (Å²) in [6.07, 6.45) is 0.376. The fraction of sp³-hybridized carbons (Fsp3) is 0.391. The Kier molecular flexibility index (Phi) is 9.10. The number of fused-ring (bicyclic) bond motifs is 1. The zero-order valence-electron chi connectivity index (χ0n) is 17.9. The minimum atomic E-state index is 0. The fourth-order valence-electron chi connectivity index (χ4n) is 3.41. The summed E-state index contributed by atoms with van der Waals surface area (Å²) in [6.45, 7) is 11.8. The molecule has 4 nitrogen and oxygen atoms in total. The van der Waals surface area contributed by atoms with Crippen LogP contribution in [-0.4, -0.2) is 42.0 Å². The van der Waals surface area contributed by atoms with Crippen molar-refractivity contribution < 1.29 is 4.79 Å². The van der Waals surface area contributed by atoms with E-state index in [1.54, 1.807) is 0 Å². The van der Waals surface area contributed by atoms with Crippen LogP contribution in [0, 0.1) is 13.8 Å². The second kappa shape index (κ2) is 11.1. The molecule has 0 bridgehead atoms. The van der Waals surface area contributed by atoms with Crippen LogP contribution in [0.2, 0.25) is 5.02 Å². The normalized spacial score (nSPS) is 11.0. The van der Waals surface area contributed by atoms with Crippen molar-refractivity contribution in [3.63, 3.8) is 0 Å². The van der Waals surface area contributed by atoms with Gasteiger partial charge in [-0.3, -0.25) is 9.69 Å². The Morgan fingerprint density at radius 1 is 1.07 bits per heavy atom. The van der Waals surface area contributed by atoms with E-state index in [9.17, 15) is 4.79 Å². The van der Waals surface area contributed by atoms with Gasteiger partial charge in [-0.2, -0.15) is 0 Å². The zero-order chi connectivity index (χ0) is 21.0. The molecule has 7 heteroatoms. The maximum atomic E-state index is 13.3. The number of amides is 1. The number of aryl methyl sites for hydroxylation is 2. The van der Waals surface area contributed by atoms with Gasteiger partial charge in [-0.1, -0.05) is 60.5 Å². The highest BCUT2D eigenvalue weighted by Gasteiger charge is 2.21. The van der Waals surface area contributed by atoms with E-state index in [0.717, 1.165) is 46.1 Å². The summed E-state index contributed by atoms with van der Waals surface area (Å²) in [6, 6.07) is 11.9. The predicted molar refractivity (Wildman–Crippen MR) is 132 cm³/mol. The molecular formula is C23H29Cl2N3OS. The van der Waals surface area contributed by atoms with Crippen LogP contribution in [0.3, 0.4) is 0 Å². The van der Waals surface area contributed by atoms with E-state index >= 15 is 0 Å². The van der Waals surface area contributed by atoms with Crippen molar-refractivity contribution >= 4 is 56.6 Å². The molecule has 30 heavy (non-hydrogen) atoms. The SMILES string of the molecule is CCN(CC)CCN(C(=O)Cc1ccc(C)cc1C)c1nc2ccc(Cl)cc2s1.Cl. The van der Waals surface area contributed by atoms with Crippen molar-refractivity contribution in [2.45, 2.75) is 34.1 Å². The molecule has 1 heterocycles. The number of hydrogen-bond acceptors (Lipinski definition) is 4. The van der Waals surface area contributed by atoms with Crippen molar-refractivity contribution in [2.75, 3.05) is 31.1 Å². The van der Waals surface area contributed by atoms with Crippen LogP contribution >= 0.6 is 35.3 Å². The molecule has 1 aromatic heterocycles. The molecule has 162 valence electrons. The van der Waals surface area contributed by atoms with Gasteiger partial charge < -0.3 is 4.90 Å². The number of aromatic nitrogens is 1. The molecule has 0 aliphatic carbocycles. The van der Waals surface area contributed by atoms with E-state index in [1.807, 2.05) is 23.1 Å². The molecule has 3 aromatic rings. The molecule has 0 aliphatic heterocycles. The van der Waals surface area contributed by atoms with E-state index in [-0.39, 0.29) is 18.3 Å². The van der Waals surface area contributed by atoms with Crippen molar-refractivity contribution in [1.82, 2.24) is 9.88 Å². The number of likely N-dealkylation sites (N-methyl/N-ethyl adjacent to an activating group) is 1. The standard InChI is InChI=1S/C23H28ClN3OS.ClH/c1-5-26(6-2)11-12-27(22(28)14-18-8-7-16(3)13-17(18)4)23-25-20-10-9-19(24)15-21(20)29-23;/h7-10,13,15H,5-6,11-12,14H2,1-4H3;1H. The molecule has 0 unspecified atom stereocenters. The summed E-state index contributed by atoms with van der Waals surface area (Å²) in [5.41, 5.74) is 4.30. The number of halogens is 2. The van der Waals surface area contributed by atoms with Gasteiger partial charge >= 0.3 is 0 Å². The summed E-state index contributed by atoms with van der Waals surface area (Å²) in [5, 5.41) is 1.42. The number of thiazole rings is 1. The lowest BCUT2D eigenvalue weighted by Crippen LogP contribution is -2.39. The first kappa shape index (κ1) is 24.6. The van der Waals surface area contributed by atoms with Gasteiger partial charge in [0.25, 0.3) is 0 Å². The zero-order valence-corrected chi connectivity index (χ0v) is 20.3. The van der Waals surface area contributed by atoms with Gasteiger partial charge in [-0.05, 0) is 56.3 Å². The molecule has 0 radical (unpaired) electrons. The molecule has 0 atom stereocenters. The average molecular weight is 466 g/mol. The van der Waals surface area contributed by atoms with E-state index in [0.29, 0.717) is 18.0 Å². The van der Waals surface area contributed by atoms with Crippen LogP contribution in [0.5, 0.6) is 0 Å². The molecule has 2 aromatic carbocycles. The van der Waals surface area contributed by atoms with E-state index in [1.165, 1.54) is 16.9 Å². The average Bonchev–Trinajstić information content (AvgIpc) is 3.10. The smallest absolute Gasteiger partial charge is 0.233 e. The van der Waals surface area contributed by atoms with Crippen LogP contribution in [0.4, 0.5) is 5.13 Å². The van der Waals surface area contributed by atoms with E-state index < -0.39 is 0 Å². The molecule has 1 amide bonds. The van der Waals surface area contributed by atoms with Crippen LogP contribution in [0.15, 0.2) is 36.4 Å². The van der Waals surface area contributed by atoms with Crippen LogP contribution in [-0.2, 0) is 11.2 Å². The lowest BCUT2D eigenvalue weighted by molar-refractivity contribution is -0.118. The van der Waals surface area contributed by atoms with Gasteiger partial charge in [0.15, 0.2) is 5.13 Å². The first-order valence-corrected chi connectivity index (χ1v) is 11.3. The van der Waals surface area contributed by atoms with Crippen LogP contribution in [0.25, 0.3) is 10.2 Å². The third kappa shape index (κ3) is 5.94. The number of nitrogens with zero attached hydrogens (tertiary/aromatic N) is 3. The minimum Gasteiger partial charge on any atom is -0.302 e. The van der Waals surface area contributed by atoms with Gasteiger partial charge in [0.05, 0.1) is 16.6 Å². The van der Waals surface area contributed by atoms with Crippen molar-refractivity contribution in [3.8, 4) is 0 Å². The molecule has 0 spiro atoms. The summed E-state index contributed by atoms with van der Waals surface area (Å²) in [4.78, 5) is 22.2. The number of rotatable bonds is 8. The lowest BCUT2D eigenvalue weighted by atomic mass is 10.0. The molecule has 0 fully saturated rings. The highest BCUT2D eigenvalue weighted by Crippen LogP contribution is 2.31. The van der Waals surface area contributed by atoms with Crippen LogP contribution in [0.1, 0.15) is 30.5 Å².